The first kappa shape index (κ1) is 12.9. The molecule has 18 heavy (non-hydrogen) atoms. The Morgan fingerprint density at radius 3 is 2.28 bits per heavy atom. The maximum Gasteiger partial charge on any atom is 0.319 e. The smallest absolute Gasteiger partial charge is 0.319 e. The largest absolute Gasteiger partial charge is 0.335 e. The van der Waals surface area contributed by atoms with E-state index in [9.17, 15) is 4.79 Å². The molecule has 1 aliphatic carbocycles. The van der Waals surface area contributed by atoms with Gasteiger partial charge in [0.05, 0.1) is 0 Å². The molecule has 0 atom stereocenters. The van der Waals surface area contributed by atoms with Gasteiger partial charge in [-0.05, 0) is 44.9 Å². The second-order valence-electron chi connectivity index (χ2n) is 4.80. The molecule has 0 saturated heterocycles. The van der Waals surface area contributed by atoms with Crippen LogP contribution < -0.4 is 16.0 Å². The average molecular weight is 247 g/mol. The number of rotatable bonds is 3. The topological polar surface area (TPSA) is 53.2 Å². The normalized spacial score (nSPS) is 23.4. The molecule has 0 aromatic heterocycles. The molecular formula is C14H21N3O. The van der Waals surface area contributed by atoms with Crippen LogP contribution in [0.3, 0.4) is 0 Å². The van der Waals surface area contributed by atoms with E-state index in [4.69, 9.17) is 0 Å². The van der Waals surface area contributed by atoms with E-state index < -0.39 is 0 Å². The van der Waals surface area contributed by atoms with Gasteiger partial charge < -0.3 is 16.0 Å². The van der Waals surface area contributed by atoms with Crippen LogP contribution in [0, 0.1) is 0 Å². The highest BCUT2D eigenvalue weighted by molar-refractivity contribution is 5.89. The number of hydrogen-bond acceptors (Lipinski definition) is 2. The van der Waals surface area contributed by atoms with Gasteiger partial charge in [0.1, 0.15) is 0 Å². The van der Waals surface area contributed by atoms with Crippen LogP contribution in [0.2, 0.25) is 0 Å². The van der Waals surface area contributed by atoms with E-state index in [2.05, 4.69) is 16.0 Å². The Kier molecular flexibility index (Phi) is 4.59. The molecule has 2 amide bonds. The fourth-order valence-corrected chi connectivity index (χ4v) is 2.40. The van der Waals surface area contributed by atoms with E-state index in [0.29, 0.717) is 12.1 Å². The SMILES string of the molecule is CN[C@H]1CC[C@H](NC(=O)Nc2ccccc2)CC1. The lowest BCUT2D eigenvalue weighted by molar-refractivity contribution is 0.241. The molecule has 1 aliphatic rings. The number of amides is 2. The molecule has 4 heteroatoms. The van der Waals surface area contributed by atoms with E-state index in [1.54, 1.807) is 0 Å². The first-order valence-corrected chi connectivity index (χ1v) is 6.58. The third-order valence-electron chi connectivity index (χ3n) is 3.50. The fourth-order valence-electron chi connectivity index (χ4n) is 2.40. The third kappa shape index (κ3) is 3.74. The highest BCUT2D eigenvalue weighted by Gasteiger charge is 2.21. The van der Waals surface area contributed by atoms with Gasteiger partial charge >= 0.3 is 6.03 Å². The molecule has 98 valence electrons. The van der Waals surface area contributed by atoms with E-state index >= 15 is 0 Å². The molecule has 1 aromatic rings. The summed E-state index contributed by atoms with van der Waals surface area (Å²) < 4.78 is 0. The molecule has 1 fully saturated rings. The van der Waals surface area contributed by atoms with Gasteiger partial charge in [0.2, 0.25) is 0 Å². The number of hydrogen-bond donors (Lipinski definition) is 3. The number of benzene rings is 1. The van der Waals surface area contributed by atoms with E-state index in [1.807, 2.05) is 37.4 Å². The Morgan fingerprint density at radius 2 is 1.67 bits per heavy atom. The lowest BCUT2D eigenvalue weighted by Gasteiger charge is -2.28. The Balaban J connectivity index is 1.75. The van der Waals surface area contributed by atoms with Crippen LogP contribution in [0.4, 0.5) is 10.5 Å². The van der Waals surface area contributed by atoms with Crippen LogP contribution in [0.15, 0.2) is 30.3 Å². The van der Waals surface area contributed by atoms with Crippen molar-refractivity contribution in [3.8, 4) is 0 Å². The van der Waals surface area contributed by atoms with Crippen LogP contribution >= 0.6 is 0 Å². The molecule has 4 nitrogen and oxygen atoms in total. The number of carbonyl (C=O) groups excluding carboxylic acids is 1. The zero-order chi connectivity index (χ0) is 12.8. The average Bonchev–Trinajstić information content (AvgIpc) is 2.40. The molecule has 1 saturated carbocycles. The Morgan fingerprint density at radius 1 is 1.06 bits per heavy atom. The molecule has 0 radical (unpaired) electrons. The molecule has 0 unspecified atom stereocenters. The first-order chi connectivity index (χ1) is 8.78. The van der Waals surface area contributed by atoms with Gasteiger partial charge in [-0.3, -0.25) is 0 Å². The lowest BCUT2D eigenvalue weighted by Crippen LogP contribution is -2.43. The molecule has 0 aliphatic heterocycles. The lowest BCUT2D eigenvalue weighted by atomic mass is 9.91. The molecule has 1 aromatic carbocycles. The standard InChI is InChI=1S/C14H21N3O/c1-15-11-7-9-13(10-8-11)17-14(18)16-12-5-3-2-4-6-12/h2-6,11,13,15H,7-10H2,1H3,(H2,16,17,18)/t11-,13-. The summed E-state index contributed by atoms with van der Waals surface area (Å²) in [6.45, 7) is 0. The molecule has 3 N–H and O–H groups in total. The van der Waals surface area contributed by atoms with Crippen molar-refractivity contribution in [3.05, 3.63) is 30.3 Å². The second-order valence-corrected chi connectivity index (χ2v) is 4.80. The Labute approximate surface area is 108 Å². The Bertz CT molecular complexity index is 372. The minimum atomic E-state index is -0.103. The summed E-state index contributed by atoms with van der Waals surface area (Å²) in [5, 5.41) is 9.17. The van der Waals surface area contributed by atoms with Crippen molar-refractivity contribution in [2.24, 2.45) is 0 Å². The van der Waals surface area contributed by atoms with E-state index in [-0.39, 0.29) is 6.03 Å². The van der Waals surface area contributed by atoms with Gasteiger partial charge in [0, 0.05) is 17.8 Å². The summed E-state index contributed by atoms with van der Waals surface area (Å²) in [5.41, 5.74) is 0.832. The van der Waals surface area contributed by atoms with Crippen LogP contribution in [0.5, 0.6) is 0 Å². The zero-order valence-electron chi connectivity index (χ0n) is 10.8. The molecule has 0 heterocycles. The van der Waals surface area contributed by atoms with Crippen molar-refractivity contribution in [3.63, 3.8) is 0 Å². The van der Waals surface area contributed by atoms with Gasteiger partial charge in [0.15, 0.2) is 0 Å². The zero-order valence-corrected chi connectivity index (χ0v) is 10.8. The third-order valence-corrected chi connectivity index (χ3v) is 3.50. The predicted molar refractivity (Wildman–Crippen MR) is 73.7 cm³/mol. The summed E-state index contributed by atoms with van der Waals surface area (Å²) in [4.78, 5) is 11.8. The molecule has 0 spiro atoms. The first-order valence-electron chi connectivity index (χ1n) is 6.58. The van der Waals surface area contributed by atoms with Crippen molar-refractivity contribution in [2.75, 3.05) is 12.4 Å². The van der Waals surface area contributed by atoms with Crippen LogP contribution in [-0.4, -0.2) is 25.2 Å². The maximum atomic E-state index is 11.8. The second kappa shape index (κ2) is 6.40. The number of para-hydroxylation sites is 1. The minimum Gasteiger partial charge on any atom is -0.335 e. The summed E-state index contributed by atoms with van der Waals surface area (Å²) in [5.74, 6) is 0. The summed E-state index contributed by atoms with van der Waals surface area (Å²) >= 11 is 0. The number of urea groups is 1. The monoisotopic (exact) mass is 247 g/mol. The summed E-state index contributed by atoms with van der Waals surface area (Å²) in [6, 6.07) is 10.3. The highest BCUT2D eigenvalue weighted by Crippen LogP contribution is 2.18. The highest BCUT2D eigenvalue weighted by atomic mass is 16.2. The fraction of sp³-hybridized carbons (Fsp3) is 0.500. The predicted octanol–water partition coefficient (Wildman–Crippen LogP) is 2.34. The molecule has 2 rings (SSSR count). The van der Waals surface area contributed by atoms with Crippen molar-refractivity contribution in [2.45, 2.75) is 37.8 Å². The maximum absolute atomic E-state index is 11.8. The van der Waals surface area contributed by atoms with Gasteiger partial charge in [-0.25, -0.2) is 4.79 Å². The van der Waals surface area contributed by atoms with E-state index in [1.165, 1.54) is 0 Å². The number of carbonyl (C=O) groups is 1. The van der Waals surface area contributed by atoms with Gasteiger partial charge in [-0.15, -0.1) is 0 Å². The Hall–Kier alpha value is -1.55. The summed E-state index contributed by atoms with van der Waals surface area (Å²) in [6.07, 6.45) is 4.36. The van der Waals surface area contributed by atoms with E-state index in [0.717, 1.165) is 31.4 Å². The van der Waals surface area contributed by atoms with Gasteiger partial charge in [-0.2, -0.15) is 0 Å². The number of nitrogens with one attached hydrogen (secondary N) is 3. The van der Waals surface area contributed by atoms with Crippen molar-refractivity contribution < 1.29 is 4.79 Å². The molecule has 0 bridgehead atoms. The van der Waals surface area contributed by atoms with Crippen LogP contribution in [0.25, 0.3) is 0 Å². The van der Waals surface area contributed by atoms with Crippen LogP contribution in [-0.2, 0) is 0 Å². The van der Waals surface area contributed by atoms with Crippen molar-refractivity contribution in [1.82, 2.24) is 10.6 Å². The number of anilines is 1. The van der Waals surface area contributed by atoms with Crippen LogP contribution in [0.1, 0.15) is 25.7 Å². The van der Waals surface area contributed by atoms with Crippen molar-refractivity contribution >= 4 is 11.7 Å². The van der Waals surface area contributed by atoms with Gasteiger partial charge in [-0.1, -0.05) is 18.2 Å². The molecular weight excluding hydrogens is 226 g/mol. The van der Waals surface area contributed by atoms with Crippen molar-refractivity contribution in [1.29, 1.82) is 0 Å². The quantitative estimate of drug-likeness (QED) is 0.768. The summed E-state index contributed by atoms with van der Waals surface area (Å²) in [7, 11) is 2.00. The minimum absolute atomic E-state index is 0.103. The van der Waals surface area contributed by atoms with Gasteiger partial charge in [0.25, 0.3) is 0 Å².